The van der Waals surface area contributed by atoms with Gasteiger partial charge in [-0.1, -0.05) is 61.5 Å². The smallest absolute Gasteiger partial charge is 0.314 e. The minimum absolute atomic E-state index is 0.0594. The summed E-state index contributed by atoms with van der Waals surface area (Å²) in [5.74, 6) is -0.0918. The van der Waals surface area contributed by atoms with Gasteiger partial charge >= 0.3 is 5.97 Å². The van der Waals surface area contributed by atoms with Crippen LogP contribution in [-0.4, -0.2) is 5.97 Å². The van der Waals surface area contributed by atoms with E-state index in [0.29, 0.717) is 11.8 Å². The van der Waals surface area contributed by atoms with Crippen molar-refractivity contribution in [2.45, 2.75) is 50.9 Å². The summed E-state index contributed by atoms with van der Waals surface area (Å²) in [6.07, 6.45) is 4.39. The van der Waals surface area contributed by atoms with Crippen molar-refractivity contribution >= 4 is 5.97 Å². The second kappa shape index (κ2) is 10.4. The zero-order valence-corrected chi connectivity index (χ0v) is 18.8. The van der Waals surface area contributed by atoms with Crippen molar-refractivity contribution < 1.29 is 13.9 Å². The van der Waals surface area contributed by atoms with Crippen molar-refractivity contribution in [3.8, 4) is 11.8 Å². The van der Waals surface area contributed by atoms with E-state index in [4.69, 9.17) is 10.00 Å². The predicted octanol–water partition coefficient (Wildman–Crippen LogP) is 6.92. The maximum Gasteiger partial charge on any atom is 0.314 e. The van der Waals surface area contributed by atoms with Gasteiger partial charge in [-0.15, -0.1) is 0 Å². The SMILES string of the molecule is CC(Cc1ccc(C2CCC(C(=O)Oc3ccc(C#N)c(F)c3)CC2)cc1)c1ccccc1. The molecule has 0 amide bonds. The molecule has 3 aromatic carbocycles. The molecule has 0 saturated heterocycles. The highest BCUT2D eigenvalue weighted by molar-refractivity contribution is 5.75. The molecule has 0 N–H and O–H groups in total. The molecule has 33 heavy (non-hydrogen) atoms. The minimum Gasteiger partial charge on any atom is -0.426 e. The maximum absolute atomic E-state index is 13.8. The number of halogens is 1. The summed E-state index contributed by atoms with van der Waals surface area (Å²) in [6, 6.07) is 25.2. The van der Waals surface area contributed by atoms with E-state index in [2.05, 4.69) is 55.5 Å². The van der Waals surface area contributed by atoms with Gasteiger partial charge in [0.05, 0.1) is 11.5 Å². The first kappa shape index (κ1) is 22.7. The van der Waals surface area contributed by atoms with Gasteiger partial charge < -0.3 is 4.74 Å². The first-order valence-corrected chi connectivity index (χ1v) is 11.6. The fourth-order valence-corrected chi connectivity index (χ4v) is 4.69. The number of rotatable bonds is 6. The third-order valence-corrected chi connectivity index (χ3v) is 6.70. The Kier molecular flexibility index (Phi) is 7.19. The summed E-state index contributed by atoms with van der Waals surface area (Å²) in [6.45, 7) is 2.26. The van der Waals surface area contributed by atoms with Crippen LogP contribution in [0.1, 0.15) is 66.7 Å². The number of hydrogen-bond donors (Lipinski definition) is 0. The van der Waals surface area contributed by atoms with E-state index in [1.165, 1.54) is 28.8 Å². The lowest BCUT2D eigenvalue weighted by Crippen LogP contribution is -2.25. The van der Waals surface area contributed by atoms with E-state index in [-0.39, 0.29) is 23.2 Å². The predicted molar refractivity (Wildman–Crippen MR) is 126 cm³/mol. The Bertz CT molecular complexity index is 1130. The first-order valence-electron chi connectivity index (χ1n) is 11.6. The molecule has 1 aliphatic rings. The van der Waals surface area contributed by atoms with E-state index in [0.717, 1.165) is 38.2 Å². The molecular formula is C29H28FNO2. The van der Waals surface area contributed by atoms with E-state index in [9.17, 15) is 9.18 Å². The normalized spacial score (nSPS) is 18.8. The molecule has 4 heteroatoms. The summed E-state index contributed by atoms with van der Waals surface area (Å²) < 4.78 is 19.1. The number of hydrogen-bond acceptors (Lipinski definition) is 3. The summed E-state index contributed by atoms with van der Waals surface area (Å²) in [5.41, 5.74) is 3.96. The van der Waals surface area contributed by atoms with E-state index < -0.39 is 5.82 Å². The zero-order valence-electron chi connectivity index (χ0n) is 18.8. The van der Waals surface area contributed by atoms with E-state index in [1.54, 1.807) is 6.07 Å². The Morgan fingerprint density at radius 2 is 1.73 bits per heavy atom. The Hall–Kier alpha value is -3.45. The first-order chi connectivity index (χ1) is 16.0. The lowest BCUT2D eigenvalue weighted by molar-refractivity contribution is -0.140. The van der Waals surface area contributed by atoms with Gasteiger partial charge in [0, 0.05) is 6.07 Å². The highest BCUT2D eigenvalue weighted by Gasteiger charge is 2.28. The van der Waals surface area contributed by atoms with Gasteiger partial charge in [0.15, 0.2) is 0 Å². The zero-order chi connectivity index (χ0) is 23.2. The van der Waals surface area contributed by atoms with Gasteiger partial charge in [-0.2, -0.15) is 5.26 Å². The molecule has 1 unspecified atom stereocenters. The summed E-state index contributed by atoms with van der Waals surface area (Å²) in [5, 5.41) is 8.82. The van der Waals surface area contributed by atoms with Crippen molar-refractivity contribution in [1.82, 2.24) is 0 Å². The Balaban J connectivity index is 1.29. The third kappa shape index (κ3) is 5.68. The molecule has 1 saturated carbocycles. The molecule has 1 aliphatic carbocycles. The van der Waals surface area contributed by atoms with Crippen LogP contribution < -0.4 is 4.74 Å². The van der Waals surface area contributed by atoms with E-state index in [1.807, 2.05) is 6.07 Å². The van der Waals surface area contributed by atoms with Gasteiger partial charge in [0.1, 0.15) is 17.6 Å². The molecule has 0 aliphatic heterocycles. The number of carbonyl (C=O) groups excluding carboxylic acids is 1. The van der Waals surface area contributed by atoms with Crippen LogP contribution in [0.25, 0.3) is 0 Å². The average Bonchev–Trinajstić information content (AvgIpc) is 2.85. The molecule has 1 atom stereocenters. The van der Waals surface area contributed by atoms with Crippen molar-refractivity contribution in [2.75, 3.05) is 0 Å². The quantitative estimate of drug-likeness (QED) is 0.308. The number of benzene rings is 3. The van der Waals surface area contributed by atoms with Crippen molar-refractivity contribution in [2.24, 2.45) is 5.92 Å². The third-order valence-electron chi connectivity index (χ3n) is 6.70. The highest BCUT2D eigenvalue weighted by atomic mass is 19.1. The van der Waals surface area contributed by atoms with Crippen molar-refractivity contribution in [3.63, 3.8) is 0 Å². The lowest BCUT2D eigenvalue weighted by Gasteiger charge is -2.27. The van der Waals surface area contributed by atoms with Gasteiger partial charge in [-0.05, 0) is 72.8 Å². The molecule has 0 heterocycles. The van der Waals surface area contributed by atoms with Crippen LogP contribution in [0, 0.1) is 23.1 Å². The Labute approximate surface area is 194 Å². The average molecular weight is 442 g/mol. The second-order valence-electron chi connectivity index (χ2n) is 8.98. The number of nitrogens with zero attached hydrogens (tertiary/aromatic N) is 1. The molecule has 1 fully saturated rings. The lowest BCUT2D eigenvalue weighted by atomic mass is 9.78. The van der Waals surface area contributed by atoms with Crippen LogP contribution in [0.15, 0.2) is 72.8 Å². The molecule has 3 nitrogen and oxygen atoms in total. The largest absolute Gasteiger partial charge is 0.426 e. The van der Waals surface area contributed by atoms with Gasteiger partial charge in [0.2, 0.25) is 0 Å². The molecule has 168 valence electrons. The van der Waals surface area contributed by atoms with Crippen LogP contribution in [0.2, 0.25) is 0 Å². The van der Waals surface area contributed by atoms with Gasteiger partial charge in [0.25, 0.3) is 0 Å². The fraction of sp³-hybridized carbons (Fsp3) is 0.310. The summed E-state index contributed by atoms with van der Waals surface area (Å²) in [4.78, 5) is 12.5. The maximum atomic E-state index is 13.8. The topological polar surface area (TPSA) is 50.1 Å². The monoisotopic (exact) mass is 441 g/mol. The molecule has 0 spiro atoms. The highest BCUT2D eigenvalue weighted by Crippen LogP contribution is 2.37. The standard InChI is InChI=1S/C29H28FNO2/c1-20(22-5-3-2-4-6-22)17-21-7-9-23(10-8-21)24-11-13-25(14-12-24)29(32)33-27-16-15-26(19-31)28(30)18-27/h2-10,15-16,18,20,24-25H,11-14,17H2,1H3. The minimum atomic E-state index is -0.673. The van der Waals surface area contributed by atoms with Crippen LogP contribution >= 0.6 is 0 Å². The summed E-state index contributed by atoms with van der Waals surface area (Å²) in [7, 11) is 0. The van der Waals surface area contributed by atoms with Crippen LogP contribution in [-0.2, 0) is 11.2 Å². The Morgan fingerprint density at radius 1 is 1.03 bits per heavy atom. The number of ether oxygens (including phenoxy) is 1. The summed E-state index contributed by atoms with van der Waals surface area (Å²) >= 11 is 0. The fourth-order valence-electron chi connectivity index (χ4n) is 4.69. The van der Waals surface area contributed by atoms with Crippen molar-refractivity contribution in [1.29, 1.82) is 5.26 Å². The molecule has 0 radical (unpaired) electrons. The van der Waals surface area contributed by atoms with Gasteiger partial charge in [-0.3, -0.25) is 4.79 Å². The van der Waals surface area contributed by atoms with Gasteiger partial charge in [-0.25, -0.2) is 4.39 Å². The Morgan fingerprint density at radius 3 is 2.36 bits per heavy atom. The number of carbonyl (C=O) groups is 1. The number of nitriles is 1. The van der Waals surface area contributed by atoms with Crippen LogP contribution in [0.5, 0.6) is 5.75 Å². The van der Waals surface area contributed by atoms with Crippen LogP contribution in [0.4, 0.5) is 4.39 Å². The molecule has 3 aromatic rings. The molecule has 0 bridgehead atoms. The van der Waals surface area contributed by atoms with Crippen molar-refractivity contribution in [3.05, 3.63) is 101 Å². The van der Waals surface area contributed by atoms with Crippen LogP contribution in [0.3, 0.4) is 0 Å². The van der Waals surface area contributed by atoms with E-state index >= 15 is 0 Å². The molecule has 0 aromatic heterocycles. The molecular weight excluding hydrogens is 413 g/mol. The molecule has 4 rings (SSSR count). The second-order valence-corrected chi connectivity index (χ2v) is 8.98. The number of esters is 1.